The van der Waals surface area contributed by atoms with Gasteiger partial charge in [-0.25, -0.2) is 0 Å². The number of likely N-dealkylation sites (tertiary alicyclic amines) is 1. The van der Waals surface area contributed by atoms with E-state index in [0.29, 0.717) is 6.61 Å². The number of pyridine rings is 1. The third-order valence-electron chi connectivity index (χ3n) is 5.24. The molecule has 0 spiro atoms. The molecule has 1 saturated heterocycles. The van der Waals surface area contributed by atoms with Gasteiger partial charge in [-0.3, -0.25) is 9.88 Å². The molecule has 3 aromatic rings. The molecule has 4 heteroatoms. The van der Waals surface area contributed by atoms with E-state index in [2.05, 4.69) is 21.9 Å². The smallest absolute Gasteiger partial charge is 0.135 e. The van der Waals surface area contributed by atoms with Crippen LogP contribution in [0.2, 0.25) is 5.02 Å². The Labute approximate surface area is 177 Å². The molecule has 29 heavy (non-hydrogen) atoms. The molecule has 0 saturated carbocycles. The van der Waals surface area contributed by atoms with Gasteiger partial charge in [0.25, 0.3) is 0 Å². The number of terminal acetylenes is 1. The zero-order chi connectivity index (χ0) is 20.1. The Morgan fingerprint density at radius 3 is 2.38 bits per heavy atom. The van der Waals surface area contributed by atoms with Crippen molar-refractivity contribution >= 4 is 11.6 Å². The van der Waals surface area contributed by atoms with E-state index in [1.54, 1.807) is 0 Å². The summed E-state index contributed by atoms with van der Waals surface area (Å²) in [5.41, 5.74) is 4.74. The summed E-state index contributed by atoms with van der Waals surface area (Å²) < 4.78 is 5.95. The van der Waals surface area contributed by atoms with Gasteiger partial charge >= 0.3 is 0 Å². The first-order chi connectivity index (χ1) is 14.2. The van der Waals surface area contributed by atoms with Gasteiger partial charge in [0, 0.05) is 28.9 Å². The lowest BCUT2D eigenvalue weighted by Gasteiger charge is -2.16. The van der Waals surface area contributed by atoms with Crippen LogP contribution in [-0.4, -0.2) is 36.1 Å². The van der Waals surface area contributed by atoms with Crippen LogP contribution >= 0.6 is 11.6 Å². The summed E-state index contributed by atoms with van der Waals surface area (Å²) in [6, 6.07) is 17.7. The van der Waals surface area contributed by atoms with Crippen molar-refractivity contribution in [2.75, 3.05) is 26.2 Å². The SMILES string of the molecule is C#Cc1cc(-c2ccc(-c3ccc(Cl)cc3)cn2)ccc1OCCN1CCCC1. The first-order valence-electron chi connectivity index (χ1n) is 9.91. The highest BCUT2D eigenvalue weighted by Gasteiger charge is 2.12. The van der Waals surface area contributed by atoms with E-state index < -0.39 is 0 Å². The van der Waals surface area contributed by atoms with Gasteiger partial charge in [0.15, 0.2) is 0 Å². The molecule has 2 aromatic carbocycles. The van der Waals surface area contributed by atoms with Gasteiger partial charge in [-0.15, -0.1) is 6.42 Å². The summed E-state index contributed by atoms with van der Waals surface area (Å²) in [6.07, 6.45) is 10.2. The summed E-state index contributed by atoms with van der Waals surface area (Å²) in [6.45, 7) is 3.94. The number of hydrogen-bond donors (Lipinski definition) is 0. The van der Waals surface area contributed by atoms with Crippen molar-refractivity contribution in [3.63, 3.8) is 0 Å². The van der Waals surface area contributed by atoms with Crippen LogP contribution in [0.5, 0.6) is 5.75 Å². The van der Waals surface area contributed by atoms with Crippen molar-refractivity contribution in [2.24, 2.45) is 0 Å². The molecule has 1 aromatic heterocycles. The fourth-order valence-corrected chi connectivity index (χ4v) is 3.72. The van der Waals surface area contributed by atoms with Crippen LogP contribution in [0.15, 0.2) is 60.8 Å². The minimum Gasteiger partial charge on any atom is -0.491 e. The van der Waals surface area contributed by atoms with Crippen LogP contribution < -0.4 is 4.74 Å². The molecule has 0 bridgehead atoms. The van der Waals surface area contributed by atoms with Crippen LogP contribution in [-0.2, 0) is 0 Å². The third kappa shape index (κ3) is 4.79. The van der Waals surface area contributed by atoms with E-state index in [1.165, 1.54) is 25.9 Å². The van der Waals surface area contributed by atoms with E-state index >= 15 is 0 Å². The van der Waals surface area contributed by atoms with Gasteiger partial charge < -0.3 is 4.74 Å². The van der Waals surface area contributed by atoms with Crippen LogP contribution in [0, 0.1) is 12.3 Å². The predicted molar refractivity (Wildman–Crippen MR) is 119 cm³/mol. The van der Waals surface area contributed by atoms with Crippen LogP contribution in [0.3, 0.4) is 0 Å². The lowest BCUT2D eigenvalue weighted by atomic mass is 10.0. The average molecular weight is 403 g/mol. The normalized spacial score (nSPS) is 13.9. The highest BCUT2D eigenvalue weighted by molar-refractivity contribution is 6.30. The molecule has 0 radical (unpaired) electrons. The van der Waals surface area contributed by atoms with Crippen LogP contribution in [0.1, 0.15) is 18.4 Å². The summed E-state index contributed by atoms with van der Waals surface area (Å²) >= 11 is 5.97. The van der Waals surface area contributed by atoms with E-state index in [4.69, 9.17) is 22.8 Å². The molecule has 1 aliphatic rings. The zero-order valence-corrected chi connectivity index (χ0v) is 17.0. The quantitative estimate of drug-likeness (QED) is 0.507. The Morgan fingerprint density at radius 2 is 1.69 bits per heavy atom. The van der Waals surface area contributed by atoms with E-state index in [-0.39, 0.29) is 0 Å². The molecule has 1 aliphatic heterocycles. The maximum absolute atomic E-state index is 5.97. The zero-order valence-electron chi connectivity index (χ0n) is 16.3. The van der Waals surface area contributed by atoms with Gasteiger partial charge in [0.1, 0.15) is 12.4 Å². The summed E-state index contributed by atoms with van der Waals surface area (Å²) in [5, 5.41) is 0.725. The standard InChI is InChI=1S/C25H23ClN2O/c1-2-19-17-21(8-12-25(19)29-16-15-28-13-3-4-14-28)24-11-7-22(18-27-24)20-5-9-23(26)10-6-20/h1,5-12,17-18H,3-4,13-16H2. The first kappa shape index (κ1) is 19.5. The van der Waals surface area contributed by atoms with Crippen molar-refractivity contribution < 1.29 is 4.74 Å². The number of halogens is 1. The number of rotatable bonds is 6. The van der Waals surface area contributed by atoms with E-state index in [1.807, 2.05) is 54.7 Å². The molecule has 0 aliphatic carbocycles. The average Bonchev–Trinajstić information content (AvgIpc) is 3.28. The molecule has 1 fully saturated rings. The number of hydrogen-bond acceptors (Lipinski definition) is 3. The molecular weight excluding hydrogens is 380 g/mol. The fourth-order valence-electron chi connectivity index (χ4n) is 3.60. The molecule has 0 N–H and O–H groups in total. The van der Waals surface area contributed by atoms with Gasteiger partial charge in [0.2, 0.25) is 0 Å². The van der Waals surface area contributed by atoms with Crippen molar-refractivity contribution in [3.05, 3.63) is 71.4 Å². The number of nitrogens with zero attached hydrogens (tertiary/aromatic N) is 2. The van der Waals surface area contributed by atoms with Crippen LogP contribution in [0.25, 0.3) is 22.4 Å². The topological polar surface area (TPSA) is 25.4 Å². The highest BCUT2D eigenvalue weighted by atomic mass is 35.5. The largest absolute Gasteiger partial charge is 0.491 e. The van der Waals surface area contributed by atoms with Gasteiger partial charge in [0.05, 0.1) is 11.3 Å². The Morgan fingerprint density at radius 1 is 0.966 bits per heavy atom. The lowest BCUT2D eigenvalue weighted by molar-refractivity contribution is 0.237. The van der Waals surface area contributed by atoms with Gasteiger partial charge in [-0.05, 0) is 67.9 Å². The molecule has 0 atom stereocenters. The number of ether oxygens (including phenoxy) is 1. The molecule has 2 heterocycles. The molecule has 146 valence electrons. The minimum atomic E-state index is 0.655. The van der Waals surface area contributed by atoms with E-state index in [0.717, 1.165) is 45.3 Å². The Balaban J connectivity index is 1.46. The van der Waals surface area contributed by atoms with E-state index in [9.17, 15) is 0 Å². The second kappa shape index (κ2) is 9.13. The second-order valence-electron chi connectivity index (χ2n) is 7.19. The highest BCUT2D eigenvalue weighted by Crippen LogP contribution is 2.27. The molecular formula is C25H23ClN2O. The Hall–Kier alpha value is -2.80. The second-order valence-corrected chi connectivity index (χ2v) is 7.63. The van der Waals surface area contributed by atoms with Crippen molar-refractivity contribution in [1.82, 2.24) is 9.88 Å². The van der Waals surface area contributed by atoms with Crippen molar-refractivity contribution in [3.8, 4) is 40.5 Å². The Kier molecular flexibility index (Phi) is 6.14. The predicted octanol–water partition coefficient (Wildman–Crippen LogP) is 5.52. The minimum absolute atomic E-state index is 0.655. The fraction of sp³-hybridized carbons (Fsp3) is 0.240. The summed E-state index contributed by atoms with van der Waals surface area (Å²) in [5.74, 6) is 3.51. The van der Waals surface area contributed by atoms with Gasteiger partial charge in [-0.1, -0.05) is 35.7 Å². The molecule has 3 nitrogen and oxygen atoms in total. The molecule has 4 rings (SSSR count). The van der Waals surface area contributed by atoms with Crippen molar-refractivity contribution in [1.29, 1.82) is 0 Å². The first-order valence-corrected chi connectivity index (χ1v) is 10.3. The van der Waals surface area contributed by atoms with Crippen molar-refractivity contribution in [2.45, 2.75) is 12.8 Å². The molecule has 0 amide bonds. The number of benzene rings is 2. The van der Waals surface area contributed by atoms with Gasteiger partial charge in [-0.2, -0.15) is 0 Å². The summed E-state index contributed by atoms with van der Waals surface area (Å²) in [7, 11) is 0. The lowest BCUT2D eigenvalue weighted by Crippen LogP contribution is -2.25. The maximum atomic E-state index is 5.97. The maximum Gasteiger partial charge on any atom is 0.135 e. The van der Waals surface area contributed by atoms with Crippen LogP contribution in [0.4, 0.5) is 0 Å². The number of aromatic nitrogens is 1. The Bertz CT molecular complexity index is 1000. The monoisotopic (exact) mass is 402 g/mol. The summed E-state index contributed by atoms with van der Waals surface area (Å²) in [4.78, 5) is 7.04. The third-order valence-corrected chi connectivity index (χ3v) is 5.49. The molecule has 0 unspecified atom stereocenters.